The summed E-state index contributed by atoms with van der Waals surface area (Å²) in [5.74, 6) is 0.0581. The molecule has 1 aromatic heterocycles. The predicted octanol–water partition coefficient (Wildman–Crippen LogP) is 2.49. The Morgan fingerprint density at radius 2 is 2.05 bits per heavy atom. The summed E-state index contributed by atoms with van der Waals surface area (Å²) in [4.78, 5) is 12.9. The van der Waals surface area contributed by atoms with Crippen molar-refractivity contribution >= 4 is 17.2 Å². The molecule has 0 aliphatic rings. The molecule has 0 spiro atoms. The molecular formula is C15H17NO2S. The van der Waals surface area contributed by atoms with Crippen molar-refractivity contribution in [2.45, 2.75) is 26.0 Å². The normalized spacial score (nSPS) is 10.4. The highest BCUT2D eigenvalue weighted by molar-refractivity contribution is 7.09. The summed E-state index contributed by atoms with van der Waals surface area (Å²) in [5.41, 5.74) is 1.88. The van der Waals surface area contributed by atoms with Gasteiger partial charge in [0, 0.05) is 17.8 Å². The third kappa shape index (κ3) is 4.50. The number of benzene rings is 1. The predicted molar refractivity (Wildman–Crippen MR) is 76.9 cm³/mol. The average Bonchev–Trinajstić information content (AvgIpc) is 2.96. The molecule has 1 aromatic carbocycles. The van der Waals surface area contributed by atoms with Crippen molar-refractivity contribution in [3.05, 3.63) is 57.8 Å². The van der Waals surface area contributed by atoms with Crippen LogP contribution in [-0.2, 0) is 24.4 Å². The van der Waals surface area contributed by atoms with Crippen LogP contribution in [-0.4, -0.2) is 11.0 Å². The zero-order valence-electron chi connectivity index (χ0n) is 10.6. The molecule has 1 heterocycles. The number of nitrogens with one attached hydrogen (secondary N) is 1. The molecule has 4 heteroatoms. The fraction of sp³-hybridized carbons (Fsp3) is 0.267. The molecular weight excluding hydrogens is 258 g/mol. The number of aliphatic hydroxyl groups is 1. The van der Waals surface area contributed by atoms with E-state index in [2.05, 4.69) is 5.32 Å². The van der Waals surface area contributed by atoms with Crippen LogP contribution in [0.15, 0.2) is 41.8 Å². The Bertz CT molecular complexity index is 523. The molecule has 0 aliphatic heterocycles. The Balaban J connectivity index is 1.76. The molecule has 0 aliphatic carbocycles. The minimum absolute atomic E-state index is 0.0279. The first kappa shape index (κ1) is 13.8. The van der Waals surface area contributed by atoms with Crippen molar-refractivity contribution in [3.63, 3.8) is 0 Å². The van der Waals surface area contributed by atoms with E-state index in [4.69, 9.17) is 5.11 Å². The molecule has 3 nitrogen and oxygen atoms in total. The van der Waals surface area contributed by atoms with E-state index in [9.17, 15) is 4.79 Å². The van der Waals surface area contributed by atoms with Crippen LogP contribution >= 0.6 is 11.3 Å². The molecule has 2 N–H and O–H groups in total. The fourth-order valence-electron chi connectivity index (χ4n) is 1.82. The monoisotopic (exact) mass is 275 g/mol. The molecule has 0 saturated heterocycles. The largest absolute Gasteiger partial charge is 0.392 e. The summed E-state index contributed by atoms with van der Waals surface area (Å²) in [6.45, 7) is 0.539. The lowest BCUT2D eigenvalue weighted by Gasteiger charge is -2.06. The van der Waals surface area contributed by atoms with Crippen LogP contribution in [0.1, 0.15) is 22.4 Å². The number of thiophene rings is 1. The molecule has 1 amide bonds. The Labute approximate surface area is 116 Å². The highest BCUT2D eigenvalue weighted by atomic mass is 32.1. The lowest BCUT2D eigenvalue weighted by atomic mass is 10.1. The van der Waals surface area contributed by atoms with Gasteiger partial charge in [-0.3, -0.25) is 4.79 Å². The average molecular weight is 275 g/mol. The van der Waals surface area contributed by atoms with Crippen LogP contribution < -0.4 is 5.32 Å². The Kier molecular flexibility index (Phi) is 5.12. The number of aliphatic hydroxyl groups excluding tert-OH is 1. The minimum atomic E-state index is 0.0279. The van der Waals surface area contributed by atoms with Gasteiger partial charge in [0.25, 0.3) is 0 Å². The number of carbonyl (C=O) groups is 1. The Morgan fingerprint density at radius 1 is 1.21 bits per heavy atom. The van der Waals surface area contributed by atoms with Gasteiger partial charge in [-0.25, -0.2) is 0 Å². The molecule has 0 radical (unpaired) electrons. The van der Waals surface area contributed by atoms with Crippen molar-refractivity contribution < 1.29 is 9.90 Å². The van der Waals surface area contributed by atoms with Gasteiger partial charge in [-0.2, -0.15) is 0 Å². The zero-order valence-corrected chi connectivity index (χ0v) is 11.5. The van der Waals surface area contributed by atoms with Gasteiger partial charge < -0.3 is 10.4 Å². The van der Waals surface area contributed by atoms with Crippen molar-refractivity contribution in [2.24, 2.45) is 0 Å². The van der Waals surface area contributed by atoms with Gasteiger partial charge >= 0.3 is 0 Å². The van der Waals surface area contributed by atoms with Gasteiger partial charge in [0.05, 0.1) is 6.61 Å². The molecule has 0 atom stereocenters. The van der Waals surface area contributed by atoms with E-state index in [-0.39, 0.29) is 12.5 Å². The topological polar surface area (TPSA) is 49.3 Å². The summed E-state index contributed by atoms with van der Waals surface area (Å²) in [6, 6.07) is 11.6. The molecule has 0 saturated carbocycles. The molecule has 0 unspecified atom stereocenters. The van der Waals surface area contributed by atoms with Gasteiger partial charge in [-0.1, -0.05) is 30.3 Å². The van der Waals surface area contributed by atoms with Gasteiger partial charge in [-0.05, 0) is 29.0 Å². The van der Waals surface area contributed by atoms with Gasteiger partial charge in [0.15, 0.2) is 0 Å². The maximum absolute atomic E-state index is 11.7. The highest BCUT2D eigenvalue weighted by Gasteiger charge is 2.03. The third-order valence-corrected chi connectivity index (χ3v) is 3.78. The SMILES string of the molecule is O=C(CCc1cccs1)NCc1cccc(CO)c1. The van der Waals surface area contributed by atoms with E-state index in [0.717, 1.165) is 17.5 Å². The van der Waals surface area contributed by atoms with E-state index in [1.165, 1.54) is 4.88 Å². The van der Waals surface area contributed by atoms with E-state index < -0.39 is 0 Å². The number of carbonyl (C=O) groups excluding carboxylic acids is 1. The fourth-order valence-corrected chi connectivity index (χ4v) is 2.53. The maximum atomic E-state index is 11.7. The lowest BCUT2D eigenvalue weighted by Crippen LogP contribution is -2.22. The highest BCUT2D eigenvalue weighted by Crippen LogP contribution is 2.11. The van der Waals surface area contributed by atoms with Crippen LogP contribution in [0.25, 0.3) is 0 Å². The second-order valence-corrected chi connectivity index (χ2v) is 5.37. The van der Waals surface area contributed by atoms with Crippen LogP contribution in [0.5, 0.6) is 0 Å². The number of aryl methyl sites for hydroxylation is 1. The number of amides is 1. The van der Waals surface area contributed by atoms with Gasteiger partial charge in [-0.15, -0.1) is 11.3 Å². The smallest absolute Gasteiger partial charge is 0.220 e. The first-order chi connectivity index (χ1) is 9.28. The van der Waals surface area contributed by atoms with Crippen LogP contribution in [0.4, 0.5) is 0 Å². The first-order valence-electron chi connectivity index (χ1n) is 6.25. The van der Waals surface area contributed by atoms with Gasteiger partial charge in [0.2, 0.25) is 5.91 Å². The molecule has 2 aromatic rings. The quantitative estimate of drug-likeness (QED) is 0.851. The summed E-state index contributed by atoms with van der Waals surface area (Å²) < 4.78 is 0. The van der Waals surface area contributed by atoms with Crippen molar-refractivity contribution in [3.8, 4) is 0 Å². The molecule has 100 valence electrons. The van der Waals surface area contributed by atoms with Crippen molar-refractivity contribution in [1.82, 2.24) is 5.32 Å². The number of rotatable bonds is 6. The second kappa shape index (κ2) is 7.07. The van der Waals surface area contributed by atoms with Crippen LogP contribution in [0.3, 0.4) is 0 Å². The van der Waals surface area contributed by atoms with Crippen LogP contribution in [0.2, 0.25) is 0 Å². The van der Waals surface area contributed by atoms with Gasteiger partial charge in [0.1, 0.15) is 0 Å². The summed E-state index contributed by atoms with van der Waals surface area (Å²) in [6.07, 6.45) is 1.31. The first-order valence-corrected chi connectivity index (χ1v) is 7.13. The molecule has 0 fully saturated rings. The van der Waals surface area contributed by atoms with E-state index in [1.807, 2.05) is 41.8 Å². The molecule has 19 heavy (non-hydrogen) atoms. The Morgan fingerprint density at radius 3 is 2.79 bits per heavy atom. The molecule has 0 bridgehead atoms. The second-order valence-electron chi connectivity index (χ2n) is 4.33. The van der Waals surface area contributed by atoms with Crippen LogP contribution in [0, 0.1) is 0 Å². The standard InChI is InChI=1S/C15H17NO2S/c17-11-13-4-1-3-12(9-13)10-16-15(18)7-6-14-5-2-8-19-14/h1-5,8-9,17H,6-7,10-11H2,(H,16,18). The summed E-state index contributed by atoms with van der Waals surface area (Å²) in [5, 5.41) is 14.0. The van der Waals surface area contributed by atoms with Crippen molar-refractivity contribution in [2.75, 3.05) is 0 Å². The van der Waals surface area contributed by atoms with Crippen molar-refractivity contribution in [1.29, 1.82) is 0 Å². The van der Waals surface area contributed by atoms with E-state index >= 15 is 0 Å². The molecule has 2 rings (SSSR count). The van der Waals surface area contributed by atoms with E-state index in [1.54, 1.807) is 11.3 Å². The Hall–Kier alpha value is -1.65. The number of hydrogen-bond acceptors (Lipinski definition) is 3. The zero-order chi connectivity index (χ0) is 13.5. The summed E-state index contributed by atoms with van der Waals surface area (Å²) in [7, 11) is 0. The maximum Gasteiger partial charge on any atom is 0.220 e. The minimum Gasteiger partial charge on any atom is -0.392 e. The third-order valence-electron chi connectivity index (χ3n) is 2.84. The lowest BCUT2D eigenvalue weighted by molar-refractivity contribution is -0.121. The summed E-state index contributed by atoms with van der Waals surface area (Å²) >= 11 is 1.68. The van der Waals surface area contributed by atoms with E-state index in [0.29, 0.717) is 13.0 Å². The number of hydrogen-bond donors (Lipinski definition) is 2.